The molecule has 0 aliphatic carbocycles. The molecule has 0 fully saturated rings. The number of halogens is 1. The molecule has 2 aromatic rings. The van der Waals surface area contributed by atoms with E-state index in [0.29, 0.717) is 12.1 Å². The van der Waals surface area contributed by atoms with Gasteiger partial charge >= 0.3 is 18.9 Å². The molecular formula is C14H11BrLiNO2. The van der Waals surface area contributed by atoms with Crippen LogP contribution in [0.4, 0.5) is 0 Å². The van der Waals surface area contributed by atoms with Gasteiger partial charge in [-0.05, 0) is 40.0 Å². The maximum atomic E-state index is 11.2. The van der Waals surface area contributed by atoms with Crippen molar-refractivity contribution in [2.45, 2.75) is 12.3 Å². The Hall–Kier alpha value is -1.08. The van der Waals surface area contributed by atoms with Gasteiger partial charge in [-0.15, -0.1) is 0 Å². The first kappa shape index (κ1) is 16.0. The Morgan fingerprint density at radius 2 is 1.89 bits per heavy atom. The minimum Gasteiger partial charge on any atom is -0.549 e. The molecule has 0 amide bonds. The van der Waals surface area contributed by atoms with Crippen LogP contribution in [-0.4, -0.2) is 11.0 Å². The first-order chi connectivity index (χ1) is 8.66. The Labute approximate surface area is 132 Å². The van der Waals surface area contributed by atoms with Gasteiger partial charge in [-0.25, -0.2) is 0 Å². The molecule has 0 aliphatic rings. The first-order valence-electron chi connectivity index (χ1n) is 5.53. The third-order valence-corrected chi connectivity index (χ3v) is 3.14. The zero-order chi connectivity index (χ0) is 13.0. The van der Waals surface area contributed by atoms with Crippen molar-refractivity contribution in [1.82, 2.24) is 4.98 Å². The van der Waals surface area contributed by atoms with Gasteiger partial charge < -0.3 is 9.90 Å². The van der Waals surface area contributed by atoms with Crippen molar-refractivity contribution in [3.05, 3.63) is 64.4 Å². The SMILES string of the molecule is O=C([O-])C(Cc1ccccc1)c1ccc(Br)cn1.[Li+]. The van der Waals surface area contributed by atoms with E-state index in [1.807, 2.05) is 30.3 Å². The number of benzene rings is 1. The first-order valence-corrected chi connectivity index (χ1v) is 6.32. The van der Waals surface area contributed by atoms with Gasteiger partial charge in [0.05, 0.1) is 5.97 Å². The fraction of sp³-hybridized carbons (Fsp3) is 0.143. The third-order valence-electron chi connectivity index (χ3n) is 2.67. The topological polar surface area (TPSA) is 53.0 Å². The average molecular weight is 312 g/mol. The molecule has 0 radical (unpaired) electrons. The fourth-order valence-electron chi connectivity index (χ4n) is 1.75. The van der Waals surface area contributed by atoms with Crippen molar-refractivity contribution in [2.75, 3.05) is 0 Å². The summed E-state index contributed by atoms with van der Waals surface area (Å²) < 4.78 is 0.822. The van der Waals surface area contributed by atoms with Crippen LogP contribution in [0.5, 0.6) is 0 Å². The number of hydrogen-bond acceptors (Lipinski definition) is 3. The summed E-state index contributed by atoms with van der Waals surface area (Å²) in [5.41, 5.74) is 1.47. The summed E-state index contributed by atoms with van der Waals surface area (Å²) in [5, 5.41) is 11.2. The maximum absolute atomic E-state index is 11.2. The van der Waals surface area contributed by atoms with Crippen molar-refractivity contribution in [3.63, 3.8) is 0 Å². The summed E-state index contributed by atoms with van der Waals surface area (Å²) in [6.45, 7) is 0. The van der Waals surface area contributed by atoms with Gasteiger partial charge in [0.2, 0.25) is 0 Å². The quantitative estimate of drug-likeness (QED) is 0.675. The molecule has 92 valence electrons. The van der Waals surface area contributed by atoms with E-state index in [0.717, 1.165) is 10.0 Å². The van der Waals surface area contributed by atoms with Crippen LogP contribution in [0, 0.1) is 0 Å². The van der Waals surface area contributed by atoms with Gasteiger partial charge in [-0.1, -0.05) is 30.3 Å². The molecular weight excluding hydrogens is 301 g/mol. The van der Waals surface area contributed by atoms with Crippen LogP contribution in [0.15, 0.2) is 53.1 Å². The number of rotatable bonds is 4. The van der Waals surface area contributed by atoms with Crippen LogP contribution in [0.25, 0.3) is 0 Å². The largest absolute Gasteiger partial charge is 1.00 e. The van der Waals surface area contributed by atoms with E-state index in [-0.39, 0.29) is 18.9 Å². The van der Waals surface area contributed by atoms with Crippen LogP contribution in [0.2, 0.25) is 0 Å². The Kier molecular flexibility index (Phi) is 6.30. The minimum absolute atomic E-state index is 0. The zero-order valence-electron chi connectivity index (χ0n) is 10.5. The van der Waals surface area contributed by atoms with Crippen LogP contribution < -0.4 is 24.0 Å². The Bertz CT molecular complexity index is 531. The van der Waals surface area contributed by atoms with Crippen molar-refractivity contribution in [3.8, 4) is 0 Å². The number of hydrogen-bond donors (Lipinski definition) is 0. The molecule has 0 spiro atoms. The normalized spacial score (nSPS) is 11.4. The molecule has 0 bridgehead atoms. The second-order valence-corrected chi connectivity index (χ2v) is 4.88. The molecule has 1 unspecified atom stereocenters. The number of carboxylic acid groups (broad SMARTS) is 1. The minimum atomic E-state index is -1.10. The molecule has 0 aliphatic heterocycles. The fourth-order valence-corrected chi connectivity index (χ4v) is 1.99. The number of aliphatic carboxylic acids is 1. The van der Waals surface area contributed by atoms with Crippen LogP contribution in [0.1, 0.15) is 17.2 Å². The van der Waals surface area contributed by atoms with Crippen molar-refractivity contribution < 1.29 is 28.8 Å². The van der Waals surface area contributed by atoms with Crippen LogP contribution >= 0.6 is 15.9 Å². The third kappa shape index (κ3) is 4.50. The number of aromatic nitrogens is 1. The van der Waals surface area contributed by atoms with E-state index >= 15 is 0 Å². The van der Waals surface area contributed by atoms with Crippen molar-refractivity contribution in [2.24, 2.45) is 0 Å². The molecule has 2 rings (SSSR count). The maximum Gasteiger partial charge on any atom is 1.00 e. The summed E-state index contributed by atoms with van der Waals surface area (Å²) in [5.74, 6) is -1.82. The van der Waals surface area contributed by atoms with E-state index in [1.165, 1.54) is 0 Å². The Balaban J connectivity index is 0.00000180. The van der Waals surface area contributed by atoms with E-state index < -0.39 is 11.9 Å². The average Bonchev–Trinajstić information content (AvgIpc) is 2.38. The molecule has 19 heavy (non-hydrogen) atoms. The van der Waals surface area contributed by atoms with Gasteiger partial charge in [-0.2, -0.15) is 0 Å². The van der Waals surface area contributed by atoms with E-state index in [1.54, 1.807) is 18.3 Å². The monoisotopic (exact) mass is 311 g/mol. The summed E-state index contributed by atoms with van der Waals surface area (Å²) >= 11 is 3.27. The number of nitrogens with zero attached hydrogens (tertiary/aromatic N) is 1. The molecule has 1 aromatic heterocycles. The van der Waals surface area contributed by atoms with E-state index in [4.69, 9.17) is 0 Å². The van der Waals surface area contributed by atoms with Crippen LogP contribution in [-0.2, 0) is 11.2 Å². The number of carboxylic acids is 1. The Morgan fingerprint density at radius 3 is 2.42 bits per heavy atom. The predicted molar refractivity (Wildman–Crippen MR) is 69.8 cm³/mol. The number of carbonyl (C=O) groups is 1. The van der Waals surface area contributed by atoms with E-state index in [2.05, 4.69) is 20.9 Å². The second kappa shape index (κ2) is 7.49. The van der Waals surface area contributed by atoms with Gasteiger partial charge in [-0.3, -0.25) is 4.98 Å². The standard InChI is InChI=1S/C14H12BrNO2.Li/c15-11-6-7-13(16-9-11)12(14(17)18)8-10-4-2-1-3-5-10;/h1-7,9,12H,8H2,(H,17,18);/q;+1/p-1. The van der Waals surface area contributed by atoms with Gasteiger partial charge in [0, 0.05) is 22.3 Å². The summed E-state index contributed by atoms with van der Waals surface area (Å²) in [6.07, 6.45) is 1.98. The molecule has 0 N–H and O–H groups in total. The number of carbonyl (C=O) groups excluding carboxylic acids is 1. The number of pyridine rings is 1. The van der Waals surface area contributed by atoms with Gasteiger partial charge in [0.15, 0.2) is 0 Å². The molecule has 5 heteroatoms. The zero-order valence-corrected chi connectivity index (χ0v) is 12.1. The van der Waals surface area contributed by atoms with Crippen molar-refractivity contribution >= 4 is 21.9 Å². The smallest absolute Gasteiger partial charge is 0.549 e. The molecule has 1 heterocycles. The molecule has 1 aromatic carbocycles. The predicted octanol–water partition coefficient (Wildman–Crippen LogP) is -1.08. The second-order valence-electron chi connectivity index (χ2n) is 3.96. The van der Waals surface area contributed by atoms with E-state index in [9.17, 15) is 9.90 Å². The van der Waals surface area contributed by atoms with Gasteiger partial charge in [0.25, 0.3) is 0 Å². The Morgan fingerprint density at radius 1 is 1.21 bits per heavy atom. The molecule has 0 saturated carbocycles. The summed E-state index contributed by atoms with van der Waals surface area (Å²) in [4.78, 5) is 15.4. The molecule has 1 atom stereocenters. The summed E-state index contributed by atoms with van der Waals surface area (Å²) in [7, 11) is 0. The molecule has 0 saturated heterocycles. The van der Waals surface area contributed by atoms with Crippen molar-refractivity contribution in [1.29, 1.82) is 0 Å². The van der Waals surface area contributed by atoms with Crippen LogP contribution in [0.3, 0.4) is 0 Å². The summed E-state index contributed by atoms with van der Waals surface area (Å²) in [6, 6.07) is 12.9. The molecule has 3 nitrogen and oxygen atoms in total. The van der Waals surface area contributed by atoms with Gasteiger partial charge in [0.1, 0.15) is 0 Å².